The Kier molecular flexibility index (Phi) is 3.31. The van der Waals surface area contributed by atoms with Gasteiger partial charge in [-0.25, -0.2) is 13.6 Å². The topological polar surface area (TPSA) is 26.3 Å². The standard InChI is InChI=1S/C12H14F2O2/c1-7-5-10(14)8(6-9(7)13)11(15)16-12(2,3)4/h5-6H,1-4H3. The molecule has 0 spiro atoms. The number of ether oxygens (including phenoxy) is 1. The molecule has 0 N–H and O–H groups in total. The first-order valence-corrected chi connectivity index (χ1v) is 4.90. The van der Waals surface area contributed by atoms with Crippen LogP contribution in [0.2, 0.25) is 0 Å². The first-order valence-electron chi connectivity index (χ1n) is 4.90. The molecule has 0 heterocycles. The summed E-state index contributed by atoms with van der Waals surface area (Å²) in [5, 5.41) is 0. The minimum absolute atomic E-state index is 0.157. The number of carbonyl (C=O) groups excluding carboxylic acids is 1. The summed E-state index contributed by atoms with van der Waals surface area (Å²) >= 11 is 0. The largest absolute Gasteiger partial charge is 0.456 e. The van der Waals surface area contributed by atoms with E-state index in [4.69, 9.17) is 4.74 Å². The van der Waals surface area contributed by atoms with Gasteiger partial charge in [0.2, 0.25) is 0 Å². The van der Waals surface area contributed by atoms with Crippen LogP contribution >= 0.6 is 0 Å². The van der Waals surface area contributed by atoms with E-state index in [1.165, 1.54) is 6.92 Å². The van der Waals surface area contributed by atoms with Gasteiger partial charge >= 0.3 is 5.97 Å². The van der Waals surface area contributed by atoms with Crippen molar-refractivity contribution in [1.82, 2.24) is 0 Å². The van der Waals surface area contributed by atoms with E-state index in [0.29, 0.717) is 0 Å². The Balaban J connectivity index is 3.05. The average molecular weight is 228 g/mol. The molecule has 1 aromatic rings. The Hall–Kier alpha value is -1.45. The maximum atomic E-state index is 13.4. The van der Waals surface area contributed by atoms with Crippen LogP contribution in [0, 0.1) is 18.6 Å². The molecule has 0 bridgehead atoms. The van der Waals surface area contributed by atoms with Gasteiger partial charge in [0, 0.05) is 0 Å². The second kappa shape index (κ2) is 4.20. The van der Waals surface area contributed by atoms with E-state index in [-0.39, 0.29) is 11.1 Å². The van der Waals surface area contributed by atoms with Gasteiger partial charge < -0.3 is 4.74 Å². The van der Waals surface area contributed by atoms with E-state index >= 15 is 0 Å². The summed E-state index contributed by atoms with van der Waals surface area (Å²) < 4.78 is 31.5. The Morgan fingerprint density at radius 3 is 2.25 bits per heavy atom. The summed E-state index contributed by atoms with van der Waals surface area (Å²) in [7, 11) is 0. The molecule has 0 aliphatic heterocycles. The Bertz CT molecular complexity index is 420. The zero-order valence-electron chi connectivity index (χ0n) is 9.73. The van der Waals surface area contributed by atoms with E-state index in [1.54, 1.807) is 20.8 Å². The Morgan fingerprint density at radius 2 is 1.75 bits per heavy atom. The number of aryl methyl sites for hydroxylation is 1. The summed E-state index contributed by atoms with van der Waals surface area (Å²) in [6.45, 7) is 6.41. The van der Waals surface area contributed by atoms with Crippen LogP contribution in [0.3, 0.4) is 0 Å². The van der Waals surface area contributed by atoms with Crippen molar-refractivity contribution in [1.29, 1.82) is 0 Å². The van der Waals surface area contributed by atoms with Crippen LogP contribution in [0.1, 0.15) is 36.7 Å². The van der Waals surface area contributed by atoms with Gasteiger partial charge in [-0.3, -0.25) is 0 Å². The van der Waals surface area contributed by atoms with E-state index in [2.05, 4.69) is 0 Å². The molecule has 0 aliphatic rings. The predicted molar refractivity (Wildman–Crippen MR) is 56.3 cm³/mol. The summed E-state index contributed by atoms with van der Waals surface area (Å²) in [5.41, 5.74) is -0.951. The van der Waals surface area contributed by atoms with Crippen molar-refractivity contribution in [2.75, 3.05) is 0 Å². The molecule has 4 heteroatoms. The third-order valence-electron chi connectivity index (χ3n) is 1.87. The fourth-order valence-electron chi connectivity index (χ4n) is 1.14. The van der Waals surface area contributed by atoms with Crippen molar-refractivity contribution >= 4 is 5.97 Å². The molecule has 16 heavy (non-hydrogen) atoms. The summed E-state index contributed by atoms with van der Waals surface area (Å²) in [6.07, 6.45) is 0. The molecule has 2 nitrogen and oxygen atoms in total. The molecule has 0 saturated carbocycles. The minimum atomic E-state index is -0.858. The molecule has 0 atom stereocenters. The quantitative estimate of drug-likeness (QED) is 0.690. The monoisotopic (exact) mass is 228 g/mol. The molecule has 0 saturated heterocycles. The summed E-state index contributed by atoms with van der Waals surface area (Å²) in [5.74, 6) is -2.25. The normalized spacial score (nSPS) is 11.4. The highest BCUT2D eigenvalue weighted by molar-refractivity contribution is 5.90. The molecular formula is C12H14F2O2. The molecule has 0 radical (unpaired) electrons. The highest BCUT2D eigenvalue weighted by atomic mass is 19.1. The van der Waals surface area contributed by atoms with Crippen molar-refractivity contribution in [3.05, 3.63) is 34.9 Å². The van der Waals surface area contributed by atoms with Crippen LogP contribution in [0.25, 0.3) is 0 Å². The lowest BCUT2D eigenvalue weighted by Crippen LogP contribution is -2.24. The number of rotatable bonds is 1. The Morgan fingerprint density at radius 1 is 1.19 bits per heavy atom. The van der Waals surface area contributed by atoms with Crippen LogP contribution in [0.15, 0.2) is 12.1 Å². The van der Waals surface area contributed by atoms with Crippen LogP contribution in [0.4, 0.5) is 8.78 Å². The molecule has 0 amide bonds. The van der Waals surface area contributed by atoms with E-state index < -0.39 is 23.2 Å². The lowest BCUT2D eigenvalue weighted by Gasteiger charge is -2.19. The second-order valence-corrected chi connectivity index (χ2v) is 4.58. The van der Waals surface area contributed by atoms with Crippen molar-refractivity contribution in [3.63, 3.8) is 0 Å². The van der Waals surface area contributed by atoms with Gasteiger partial charge in [0.15, 0.2) is 0 Å². The number of hydrogen-bond acceptors (Lipinski definition) is 2. The van der Waals surface area contributed by atoms with Crippen LogP contribution in [-0.2, 0) is 4.74 Å². The van der Waals surface area contributed by atoms with Crippen molar-refractivity contribution in [3.8, 4) is 0 Å². The lowest BCUT2D eigenvalue weighted by molar-refractivity contribution is 0.00641. The molecule has 1 aromatic carbocycles. The van der Waals surface area contributed by atoms with Gasteiger partial charge in [-0.2, -0.15) is 0 Å². The zero-order chi connectivity index (χ0) is 12.5. The first kappa shape index (κ1) is 12.6. The molecule has 88 valence electrons. The highest BCUT2D eigenvalue weighted by Crippen LogP contribution is 2.18. The van der Waals surface area contributed by atoms with Gasteiger partial charge in [-0.05, 0) is 45.4 Å². The number of hydrogen-bond donors (Lipinski definition) is 0. The first-order chi connectivity index (χ1) is 7.20. The van der Waals surface area contributed by atoms with E-state index in [0.717, 1.165) is 12.1 Å². The maximum Gasteiger partial charge on any atom is 0.341 e. The molecule has 0 unspecified atom stereocenters. The highest BCUT2D eigenvalue weighted by Gasteiger charge is 2.21. The van der Waals surface area contributed by atoms with Gasteiger partial charge in [0.1, 0.15) is 17.2 Å². The minimum Gasteiger partial charge on any atom is -0.456 e. The van der Waals surface area contributed by atoms with Gasteiger partial charge in [0.25, 0.3) is 0 Å². The molecule has 0 aromatic heterocycles. The van der Waals surface area contributed by atoms with Crippen molar-refractivity contribution in [2.45, 2.75) is 33.3 Å². The molecule has 0 fully saturated rings. The third kappa shape index (κ3) is 3.02. The molecule has 1 rings (SSSR count). The molecular weight excluding hydrogens is 214 g/mol. The fourth-order valence-corrected chi connectivity index (χ4v) is 1.14. The fraction of sp³-hybridized carbons (Fsp3) is 0.417. The Labute approximate surface area is 93.2 Å². The number of carbonyl (C=O) groups is 1. The SMILES string of the molecule is Cc1cc(F)c(C(=O)OC(C)(C)C)cc1F. The van der Waals surface area contributed by atoms with Crippen LogP contribution < -0.4 is 0 Å². The second-order valence-electron chi connectivity index (χ2n) is 4.58. The van der Waals surface area contributed by atoms with Crippen molar-refractivity contribution < 1.29 is 18.3 Å². The van der Waals surface area contributed by atoms with E-state index in [1.807, 2.05) is 0 Å². The van der Waals surface area contributed by atoms with Gasteiger partial charge in [-0.1, -0.05) is 0 Å². The summed E-state index contributed by atoms with van der Waals surface area (Å²) in [4.78, 5) is 11.5. The van der Waals surface area contributed by atoms with Gasteiger partial charge in [-0.15, -0.1) is 0 Å². The third-order valence-corrected chi connectivity index (χ3v) is 1.87. The predicted octanol–water partition coefficient (Wildman–Crippen LogP) is 3.23. The number of halogens is 2. The summed E-state index contributed by atoms with van der Waals surface area (Å²) in [6, 6.07) is 1.84. The lowest BCUT2D eigenvalue weighted by atomic mass is 10.1. The number of benzene rings is 1. The molecule has 0 aliphatic carbocycles. The zero-order valence-corrected chi connectivity index (χ0v) is 9.73. The maximum absolute atomic E-state index is 13.4. The number of esters is 1. The van der Waals surface area contributed by atoms with Crippen molar-refractivity contribution in [2.24, 2.45) is 0 Å². The smallest absolute Gasteiger partial charge is 0.341 e. The van der Waals surface area contributed by atoms with E-state index in [9.17, 15) is 13.6 Å². The van der Waals surface area contributed by atoms with Gasteiger partial charge in [0.05, 0.1) is 5.56 Å². The van der Waals surface area contributed by atoms with Crippen LogP contribution in [-0.4, -0.2) is 11.6 Å². The average Bonchev–Trinajstić information content (AvgIpc) is 2.08. The van der Waals surface area contributed by atoms with Crippen LogP contribution in [0.5, 0.6) is 0 Å².